The van der Waals surface area contributed by atoms with Crippen LogP contribution in [0.3, 0.4) is 0 Å². The first-order valence-corrected chi connectivity index (χ1v) is 6.43. The van der Waals surface area contributed by atoms with Crippen LogP contribution >= 0.6 is 0 Å². The zero-order chi connectivity index (χ0) is 11.2. The molecule has 0 aromatic carbocycles. The molecule has 0 bridgehead atoms. The van der Waals surface area contributed by atoms with Crippen LogP contribution < -0.4 is 0 Å². The summed E-state index contributed by atoms with van der Waals surface area (Å²) < 4.78 is 16.2. The third-order valence-electron chi connectivity index (χ3n) is 3.12. The van der Waals surface area contributed by atoms with Crippen LogP contribution in [-0.4, -0.2) is 31.7 Å². The maximum absolute atomic E-state index is 5.51. The van der Waals surface area contributed by atoms with Crippen molar-refractivity contribution in [3.8, 4) is 0 Å². The normalized spacial score (nSPS) is 33.7. The molecule has 2 heterocycles. The van der Waals surface area contributed by atoms with Gasteiger partial charge in [0.15, 0.2) is 0 Å². The highest BCUT2D eigenvalue weighted by atomic mass is 16.7. The maximum Gasteiger partial charge on any atom is 0.148 e. The summed E-state index contributed by atoms with van der Waals surface area (Å²) in [7, 11) is 0. The van der Waals surface area contributed by atoms with Crippen molar-refractivity contribution in [1.82, 2.24) is 0 Å². The monoisotopic (exact) mass is 226 g/mol. The molecule has 3 nitrogen and oxygen atoms in total. The predicted octanol–water partition coefficient (Wildman–Crippen LogP) is 2.65. The Morgan fingerprint density at radius 2 is 2.00 bits per heavy atom. The van der Waals surface area contributed by atoms with Gasteiger partial charge in [0.1, 0.15) is 25.1 Å². The van der Waals surface area contributed by atoms with Crippen LogP contribution in [0.25, 0.3) is 0 Å². The molecule has 2 aliphatic heterocycles. The van der Waals surface area contributed by atoms with Crippen LogP contribution in [0.1, 0.15) is 39.0 Å². The fourth-order valence-electron chi connectivity index (χ4n) is 2.03. The first kappa shape index (κ1) is 12.1. The topological polar surface area (TPSA) is 31.0 Å². The minimum absolute atomic E-state index is 0.110. The van der Waals surface area contributed by atoms with E-state index in [1.165, 1.54) is 25.7 Å². The van der Waals surface area contributed by atoms with E-state index in [4.69, 9.17) is 14.2 Å². The van der Waals surface area contributed by atoms with Gasteiger partial charge >= 0.3 is 0 Å². The first-order valence-electron chi connectivity index (χ1n) is 6.43. The molecule has 2 aliphatic rings. The summed E-state index contributed by atoms with van der Waals surface area (Å²) in [5.41, 5.74) is 0. The lowest BCUT2D eigenvalue weighted by Gasteiger charge is -2.09. The van der Waals surface area contributed by atoms with E-state index in [9.17, 15) is 0 Å². The van der Waals surface area contributed by atoms with Gasteiger partial charge in [0, 0.05) is 0 Å². The number of epoxide rings is 1. The molecule has 2 saturated heterocycles. The zero-order valence-electron chi connectivity index (χ0n) is 10.1. The molecule has 16 heavy (non-hydrogen) atoms. The van der Waals surface area contributed by atoms with E-state index in [0.29, 0.717) is 6.79 Å². The van der Waals surface area contributed by atoms with Crippen LogP contribution in [-0.2, 0) is 14.2 Å². The van der Waals surface area contributed by atoms with E-state index in [2.05, 4.69) is 19.1 Å². The Bertz CT molecular complexity index is 223. The summed E-state index contributed by atoms with van der Waals surface area (Å²) in [6.45, 7) is 3.48. The van der Waals surface area contributed by atoms with Gasteiger partial charge < -0.3 is 14.2 Å². The molecule has 0 aromatic rings. The van der Waals surface area contributed by atoms with Gasteiger partial charge in [-0.15, -0.1) is 0 Å². The van der Waals surface area contributed by atoms with Crippen molar-refractivity contribution in [2.24, 2.45) is 0 Å². The quantitative estimate of drug-likeness (QED) is 0.380. The third-order valence-corrected chi connectivity index (χ3v) is 3.12. The average Bonchev–Trinajstić information content (AvgIpc) is 3.04. The van der Waals surface area contributed by atoms with Crippen molar-refractivity contribution < 1.29 is 14.2 Å². The van der Waals surface area contributed by atoms with Gasteiger partial charge in [-0.2, -0.15) is 0 Å². The van der Waals surface area contributed by atoms with Gasteiger partial charge in [-0.1, -0.05) is 38.3 Å². The first-order chi connectivity index (χ1) is 7.92. The second kappa shape index (κ2) is 6.38. The van der Waals surface area contributed by atoms with Crippen molar-refractivity contribution in [2.75, 3.05) is 13.4 Å². The van der Waals surface area contributed by atoms with E-state index in [0.717, 1.165) is 13.0 Å². The Hall–Kier alpha value is -0.380. The number of unbranched alkanes of at least 4 members (excludes halogenated alkanes) is 4. The number of ether oxygens (including phenoxy) is 3. The summed E-state index contributed by atoms with van der Waals surface area (Å²) in [5, 5.41) is 0. The van der Waals surface area contributed by atoms with E-state index in [1.54, 1.807) is 0 Å². The van der Waals surface area contributed by atoms with Gasteiger partial charge in [0.2, 0.25) is 0 Å². The van der Waals surface area contributed by atoms with E-state index in [-0.39, 0.29) is 18.3 Å². The van der Waals surface area contributed by atoms with Crippen molar-refractivity contribution in [2.45, 2.75) is 57.3 Å². The van der Waals surface area contributed by atoms with Gasteiger partial charge in [-0.3, -0.25) is 0 Å². The Morgan fingerprint density at radius 1 is 1.12 bits per heavy atom. The molecule has 0 amide bonds. The highest BCUT2D eigenvalue weighted by Gasteiger charge is 2.41. The molecule has 2 fully saturated rings. The largest absolute Gasteiger partial charge is 0.370 e. The lowest BCUT2D eigenvalue weighted by Crippen LogP contribution is -2.26. The molecule has 0 saturated carbocycles. The number of hydrogen-bond donors (Lipinski definition) is 0. The fraction of sp³-hybridized carbons (Fsp3) is 0.846. The minimum atomic E-state index is 0.110. The average molecular weight is 226 g/mol. The van der Waals surface area contributed by atoms with Crippen LogP contribution in [0.2, 0.25) is 0 Å². The molecular weight excluding hydrogens is 204 g/mol. The standard InChI is InChI=1S/C13H22O3/c1-2-3-4-5-6-7-8-11-13(12-9-14-12)16-10-15-11/h7-8,11-13H,2-6,9-10H2,1H3/b8-7+/t11-,12+,13-/m0/s1. The van der Waals surface area contributed by atoms with Crippen molar-refractivity contribution >= 4 is 0 Å². The highest BCUT2D eigenvalue weighted by molar-refractivity contribution is 5.00. The smallest absolute Gasteiger partial charge is 0.148 e. The molecule has 0 unspecified atom stereocenters. The Morgan fingerprint density at radius 3 is 2.75 bits per heavy atom. The summed E-state index contributed by atoms with van der Waals surface area (Å²) in [4.78, 5) is 0. The van der Waals surface area contributed by atoms with E-state index < -0.39 is 0 Å². The van der Waals surface area contributed by atoms with Crippen LogP contribution in [0.4, 0.5) is 0 Å². The van der Waals surface area contributed by atoms with Crippen LogP contribution in [0.15, 0.2) is 12.2 Å². The molecule has 0 radical (unpaired) electrons. The summed E-state index contributed by atoms with van der Waals surface area (Å²) in [6, 6.07) is 0. The maximum atomic E-state index is 5.51. The third kappa shape index (κ3) is 3.58. The minimum Gasteiger partial charge on any atom is -0.370 e. The van der Waals surface area contributed by atoms with Gasteiger partial charge in [0.25, 0.3) is 0 Å². The Labute approximate surface area is 97.8 Å². The van der Waals surface area contributed by atoms with Crippen molar-refractivity contribution in [1.29, 1.82) is 0 Å². The summed E-state index contributed by atoms with van der Waals surface area (Å²) >= 11 is 0. The summed E-state index contributed by atoms with van der Waals surface area (Å²) in [5.74, 6) is 0. The highest BCUT2D eigenvalue weighted by Crippen LogP contribution is 2.26. The van der Waals surface area contributed by atoms with Gasteiger partial charge in [-0.05, 0) is 12.8 Å². The predicted molar refractivity (Wildman–Crippen MR) is 62.3 cm³/mol. The second-order valence-electron chi connectivity index (χ2n) is 4.53. The van der Waals surface area contributed by atoms with Gasteiger partial charge in [0.05, 0.1) is 6.61 Å². The van der Waals surface area contributed by atoms with Crippen LogP contribution in [0, 0.1) is 0 Å². The molecule has 0 N–H and O–H groups in total. The second-order valence-corrected chi connectivity index (χ2v) is 4.53. The SMILES string of the molecule is CCCCCC/C=C/[C@@H]1OCO[C@@H]1[C@H]1CO1. The molecule has 0 aliphatic carbocycles. The Kier molecular flexibility index (Phi) is 4.82. The van der Waals surface area contributed by atoms with E-state index >= 15 is 0 Å². The Balaban J connectivity index is 1.61. The lowest BCUT2D eigenvalue weighted by atomic mass is 10.1. The summed E-state index contributed by atoms with van der Waals surface area (Å²) in [6.07, 6.45) is 11.3. The lowest BCUT2D eigenvalue weighted by molar-refractivity contribution is 0.0367. The number of allylic oxidation sites excluding steroid dienone is 1. The van der Waals surface area contributed by atoms with Crippen LogP contribution in [0.5, 0.6) is 0 Å². The molecule has 2 rings (SSSR count). The fourth-order valence-corrected chi connectivity index (χ4v) is 2.03. The van der Waals surface area contributed by atoms with E-state index in [1.807, 2.05) is 0 Å². The zero-order valence-corrected chi connectivity index (χ0v) is 10.1. The van der Waals surface area contributed by atoms with Crippen molar-refractivity contribution in [3.05, 3.63) is 12.2 Å². The van der Waals surface area contributed by atoms with Gasteiger partial charge in [-0.25, -0.2) is 0 Å². The van der Waals surface area contributed by atoms with Crippen molar-refractivity contribution in [3.63, 3.8) is 0 Å². The molecule has 3 heteroatoms. The number of rotatable bonds is 7. The molecule has 92 valence electrons. The molecule has 0 aromatic heterocycles. The molecular formula is C13H22O3. The molecule has 0 spiro atoms. The molecule has 3 atom stereocenters. The number of hydrogen-bond acceptors (Lipinski definition) is 3.